The van der Waals surface area contributed by atoms with Crippen molar-refractivity contribution in [3.8, 4) is 5.75 Å². The normalized spacial score (nSPS) is 17.2. The summed E-state index contributed by atoms with van der Waals surface area (Å²) in [4.78, 5) is 144. The van der Waals surface area contributed by atoms with Gasteiger partial charge in [0, 0.05) is 49.5 Å². The number of nitrogens with zero attached hydrogens (tertiary/aromatic N) is 2. The largest absolute Gasteiger partial charge is 0.508 e. The number of likely N-dealkylation sites (tertiary alicyclic amines) is 1. The number of aromatic hydroxyl groups is 1. The van der Waals surface area contributed by atoms with Gasteiger partial charge in [0.2, 0.25) is 59.1 Å². The van der Waals surface area contributed by atoms with E-state index in [0.29, 0.717) is 17.5 Å². The van der Waals surface area contributed by atoms with Crippen LogP contribution in [0.2, 0.25) is 0 Å². The number of hydrogen-bond acceptors (Lipinski definition) is 14. The second-order valence-electron chi connectivity index (χ2n) is 20.0. The Balaban J connectivity index is 1.35. The van der Waals surface area contributed by atoms with E-state index in [-0.39, 0.29) is 107 Å². The van der Waals surface area contributed by atoms with Crippen LogP contribution in [0.5, 0.6) is 5.75 Å². The molecular weight excluding hydrogens is 1030 g/mol. The molecule has 430 valence electrons. The topological polar surface area (TPSA) is 443 Å². The Kier molecular flexibility index (Phi) is 23.4. The van der Waals surface area contributed by atoms with Gasteiger partial charge in [0.15, 0.2) is 5.96 Å². The highest BCUT2D eigenvalue weighted by Gasteiger charge is 2.40. The number of carbonyl (C=O) groups is 10. The Morgan fingerprint density at radius 3 is 1.99 bits per heavy atom. The monoisotopic (exact) mass is 1100 g/mol. The van der Waals surface area contributed by atoms with Gasteiger partial charge in [-0.1, -0.05) is 44.2 Å². The van der Waals surface area contributed by atoms with Crippen molar-refractivity contribution in [2.24, 2.45) is 33.8 Å². The van der Waals surface area contributed by atoms with Crippen molar-refractivity contribution in [2.75, 3.05) is 32.8 Å². The number of phenols is 1. The molecule has 27 nitrogen and oxygen atoms in total. The summed E-state index contributed by atoms with van der Waals surface area (Å²) in [7, 11) is 0. The Hall–Kier alpha value is -8.33. The fourth-order valence-electron chi connectivity index (χ4n) is 9.30. The van der Waals surface area contributed by atoms with E-state index in [1.807, 2.05) is 18.2 Å². The standard InChI is InChI=1S/C52H75N15O12/c1-28(2)22-37(46(74)62-36(11-6-20-57-52(55)56)51(79)67-21-7-12-41(67)50(78)59-26-42(54)70)63-44(72)34(10-5-19-53)61-47(75)38(23-29-13-15-31(69)16-14-29)64-49(77)40(27-68)66-48(76)39(65-45(73)35-17-18-43(71)60-35)24-30-25-58-33-9-4-3-8-32(30)33/h3-4,8-9,13-16,25,28,34-41,58,68-69H,5-7,10-12,17-24,26-27,53H2,1-2H3,(H2,54,70)(H,59,78)(H,60,71)(H,61,75)(H,62,74)(H,63,72)(H,64,77)(H,65,73)(H,66,76)(H4,55,56,57)/t34-,35+,36+,37+,38+,39+,40+,41+/m1/s1. The molecule has 0 saturated carbocycles. The van der Waals surface area contributed by atoms with Crippen LogP contribution in [0.4, 0.5) is 0 Å². The lowest BCUT2D eigenvalue weighted by Crippen LogP contribution is -2.61. The van der Waals surface area contributed by atoms with Crippen LogP contribution >= 0.6 is 0 Å². The second-order valence-corrected chi connectivity index (χ2v) is 20.0. The fourth-order valence-corrected chi connectivity index (χ4v) is 9.30. The molecule has 8 atom stereocenters. The minimum Gasteiger partial charge on any atom is -0.508 e. The summed E-state index contributed by atoms with van der Waals surface area (Å²) in [6.45, 7) is 2.53. The molecule has 0 bridgehead atoms. The molecule has 2 aliphatic heterocycles. The Labute approximate surface area is 456 Å². The van der Waals surface area contributed by atoms with E-state index in [1.165, 1.54) is 29.2 Å². The number of aromatic amines is 1. The van der Waals surface area contributed by atoms with E-state index >= 15 is 0 Å². The molecule has 2 aliphatic rings. The number of benzene rings is 2. The van der Waals surface area contributed by atoms with E-state index in [9.17, 15) is 58.2 Å². The van der Waals surface area contributed by atoms with Crippen LogP contribution in [0.25, 0.3) is 10.9 Å². The number of carbonyl (C=O) groups excluding carboxylic acids is 10. The maximum atomic E-state index is 14.5. The van der Waals surface area contributed by atoms with Crippen LogP contribution in [0.3, 0.4) is 0 Å². The Morgan fingerprint density at radius 1 is 0.734 bits per heavy atom. The first kappa shape index (κ1) is 61.5. The smallest absolute Gasteiger partial charge is 0.245 e. The summed E-state index contributed by atoms with van der Waals surface area (Å²) in [5.74, 6) is -7.83. The predicted octanol–water partition coefficient (Wildman–Crippen LogP) is -3.73. The average Bonchev–Trinajstić information content (AvgIpc) is 4.22. The number of aliphatic hydroxyl groups is 1. The quantitative estimate of drug-likeness (QED) is 0.0173. The molecule has 2 aromatic carbocycles. The van der Waals surface area contributed by atoms with Crippen molar-refractivity contribution >= 4 is 75.9 Å². The van der Waals surface area contributed by atoms with E-state index < -0.39 is 115 Å². The fraction of sp³-hybridized carbons (Fsp3) is 0.519. The van der Waals surface area contributed by atoms with Crippen LogP contribution in [0, 0.1) is 5.92 Å². The zero-order chi connectivity index (χ0) is 57.8. The molecule has 0 spiro atoms. The Morgan fingerprint density at radius 2 is 1.34 bits per heavy atom. The highest BCUT2D eigenvalue weighted by Crippen LogP contribution is 2.22. The van der Waals surface area contributed by atoms with Crippen molar-refractivity contribution in [2.45, 2.75) is 133 Å². The number of H-pyrrole nitrogens is 1. The number of amides is 10. The van der Waals surface area contributed by atoms with Crippen molar-refractivity contribution in [3.63, 3.8) is 0 Å². The summed E-state index contributed by atoms with van der Waals surface area (Å²) in [5, 5.41) is 42.2. The first-order valence-corrected chi connectivity index (χ1v) is 26.3. The van der Waals surface area contributed by atoms with Gasteiger partial charge in [-0.05, 0) is 93.2 Å². The zero-order valence-electron chi connectivity index (χ0n) is 44.4. The van der Waals surface area contributed by atoms with Gasteiger partial charge in [0.1, 0.15) is 54.1 Å². The highest BCUT2D eigenvalue weighted by molar-refractivity contribution is 5.99. The molecule has 0 aliphatic carbocycles. The molecule has 19 N–H and O–H groups in total. The lowest BCUT2D eigenvalue weighted by Gasteiger charge is -2.30. The molecule has 2 saturated heterocycles. The van der Waals surface area contributed by atoms with Gasteiger partial charge in [0.05, 0.1) is 13.2 Å². The molecule has 2 fully saturated rings. The number of aliphatic hydroxyl groups excluding tert-OH is 1. The molecule has 3 aromatic rings. The number of aromatic nitrogens is 1. The third-order valence-electron chi connectivity index (χ3n) is 13.4. The Bertz CT molecular complexity index is 2680. The second kappa shape index (κ2) is 30.0. The van der Waals surface area contributed by atoms with Gasteiger partial charge in [-0.15, -0.1) is 0 Å². The number of nitrogens with two attached hydrogens (primary N) is 4. The number of para-hydroxylation sites is 1. The maximum Gasteiger partial charge on any atom is 0.245 e. The lowest BCUT2D eigenvalue weighted by molar-refractivity contribution is -0.142. The van der Waals surface area contributed by atoms with E-state index in [2.05, 4.69) is 52.5 Å². The molecule has 0 unspecified atom stereocenters. The minimum absolute atomic E-state index is 0.0173. The highest BCUT2D eigenvalue weighted by atomic mass is 16.3. The van der Waals surface area contributed by atoms with Gasteiger partial charge in [-0.3, -0.25) is 52.9 Å². The molecular formula is C52H75N15O12. The molecule has 5 rings (SSSR count). The number of aliphatic imine (C=N–C) groups is 1. The first-order chi connectivity index (χ1) is 37.7. The van der Waals surface area contributed by atoms with Crippen molar-refractivity contribution in [1.82, 2.24) is 52.4 Å². The number of fused-ring (bicyclic) bond motifs is 1. The maximum absolute atomic E-state index is 14.5. The molecule has 1 aromatic heterocycles. The third kappa shape index (κ3) is 18.7. The number of nitrogens with one attached hydrogen (secondary N) is 9. The number of guanidine groups is 1. The van der Waals surface area contributed by atoms with E-state index in [1.54, 1.807) is 26.1 Å². The SMILES string of the molecule is CC(C)C[C@H](NC(=O)[C@@H](CCCN)NC(=O)[C@H](Cc1ccc(O)cc1)NC(=O)[C@H](CO)NC(=O)[C@H](Cc1c[nH]c2ccccc12)NC(=O)[C@@H]1CCC(=O)N1)C(=O)N[C@@H](CCCN=C(N)N)C(=O)N1CCC[C@H]1C(=O)NCC(N)=O. The van der Waals surface area contributed by atoms with E-state index in [4.69, 9.17) is 22.9 Å². The molecule has 79 heavy (non-hydrogen) atoms. The summed E-state index contributed by atoms with van der Waals surface area (Å²) in [6.07, 6.45) is 2.85. The number of rotatable bonds is 30. The van der Waals surface area contributed by atoms with Gasteiger partial charge >= 0.3 is 0 Å². The summed E-state index contributed by atoms with van der Waals surface area (Å²) in [6, 6.07) is 2.68. The summed E-state index contributed by atoms with van der Waals surface area (Å²) in [5.41, 5.74) is 23.9. The van der Waals surface area contributed by atoms with Crippen molar-refractivity contribution in [3.05, 3.63) is 65.9 Å². The number of primary amides is 1. The molecule has 10 amide bonds. The van der Waals surface area contributed by atoms with Crippen LogP contribution in [-0.4, -0.2) is 166 Å². The van der Waals surface area contributed by atoms with Crippen molar-refractivity contribution in [1.29, 1.82) is 0 Å². The molecule has 3 heterocycles. The van der Waals surface area contributed by atoms with Crippen molar-refractivity contribution < 1.29 is 58.2 Å². The van der Waals surface area contributed by atoms with Gasteiger partial charge < -0.3 is 85.6 Å². The van der Waals surface area contributed by atoms with Crippen LogP contribution in [0.1, 0.15) is 82.8 Å². The zero-order valence-corrected chi connectivity index (χ0v) is 44.4. The summed E-state index contributed by atoms with van der Waals surface area (Å²) < 4.78 is 0. The predicted molar refractivity (Wildman–Crippen MR) is 288 cm³/mol. The first-order valence-electron chi connectivity index (χ1n) is 26.3. The molecule has 0 radical (unpaired) electrons. The van der Waals surface area contributed by atoms with Gasteiger partial charge in [-0.25, -0.2) is 0 Å². The van der Waals surface area contributed by atoms with Crippen LogP contribution in [0.15, 0.2) is 59.7 Å². The van der Waals surface area contributed by atoms with Crippen LogP contribution < -0.4 is 65.5 Å². The average molecular weight is 1100 g/mol. The van der Waals surface area contributed by atoms with Gasteiger partial charge in [-0.2, -0.15) is 0 Å². The van der Waals surface area contributed by atoms with Crippen LogP contribution in [-0.2, 0) is 60.8 Å². The minimum atomic E-state index is -1.69. The number of phenolic OH excluding ortho intramolecular Hbond substituents is 1. The lowest BCUT2D eigenvalue weighted by atomic mass is 10.0. The number of hydrogen-bond donors (Lipinski definition) is 15. The van der Waals surface area contributed by atoms with E-state index in [0.717, 1.165) is 10.9 Å². The summed E-state index contributed by atoms with van der Waals surface area (Å²) >= 11 is 0. The van der Waals surface area contributed by atoms with Gasteiger partial charge in [0.25, 0.3) is 0 Å². The third-order valence-corrected chi connectivity index (χ3v) is 13.4. The molecule has 27 heteroatoms.